The second kappa shape index (κ2) is 7.43. The molecule has 1 unspecified atom stereocenters. The van der Waals surface area contributed by atoms with Crippen LogP contribution in [0.4, 0.5) is 4.39 Å². The van der Waals surface area contributed by atoms with Crippen LogP contribution in [0.3, 0.4) is 0 Å². The van der Waals surface area contributed by atoms with Crippen molar-refractivity contribution in [2.75, 3.05) is 13.2 Å². The fourth-order valence-corrected chi connectivity index (χ4v) is 2.44. The lowest BCUT2D eigenvalue weighted by Crippen LogP contribution is -2.49. The monoisotopic (exact) mass is 335 g/mol. The van der Waals surface area contributed by atoms with Crippen LogP contribution in [0.15, 0.2) is 12.1 Å². The first-order chi connectivity index (χ1) is 9.72. The summed E-state index contributed by atoms with van der Waals surface area (Å²) in [6.45, 7) is 8.12. The van der Waals surface area contributed by atoms with E-state index in [1.54, 1.807) is 13.8 Å². The third kappa shape index (κ3) is 4.31. The smallest absolute Gasteiger partial charge is 0.330 e. The standard InChI is InChI=1S/C15H20Cl2FNO2/c1-5-21-14(20)15(4,19-8-9(2)3)10-6-13(18)12(17)7-11(10)16/h6-7,9,19H,5,8H2,1-4H3. The Bertz CT molecular complexity index is 523. The Morgan fingerprint density at radius 2 is 2.00 bits per heavy atom. The average molecular weight is 336 g/mol. The average Bonchev–Trinajstić information content (AvgIpc) is 2.40. The van der Waals surface area contributed by atoms with Gasteiger partial charge >= 0.3 is 5.97 Å². The minimum atomic E-state index is -1.23. The lowest BCUT2D eigenvalue weighted by molar-refractivity contribution is -0.151. The van der Waals surface area contributed by atoms with E-state index in [-0.39, 0.29) is 16.7 Å². The highest BCUT2D eigenvalue weighted by atomic mass is 35.5. The molecule has 1 aromatic carbocycles. The molecule has 0 amide bonds. The summed E-state index contributed by atoms with van der Waals surface area (Å²) in [4.78, 5) is 12.3. The predicted octanol–water partition coefficient (Wildman–Crippen LogP) is 4.16. The Hall–Kier alpha value is -0.840. The molecule has 0 aliphatic carbocycles. The molecular weight excluding hydrogens is 316 g/mol. The van der Waals surface area contributed by atoms with Crippen LogP contribution in [0, 0.1) is 11.7 Å². The van der Waals surface area contributed by atoms with Gasteiger partial charge in [0.1, 0.15) is 11.4 Å². The summed E-state index contributed by atoms with van der Waals surface area (Å²) in [5, 5.41) is 3.25. The molecule has 0 saturated carbocycles. The van der Waals surface area contributed by atoms with Crippen molar-refractivity contribution in [1.82, 2.24) is 5.32 Å². The van der Waals surface area contributed by atoms with Gasteiger partial charge in [0.25, 0.3) is 0 Å². The number of ether oxygens (including phenoxy) is 1. The van der Waals surface area contributed by atoms with Crippen LogP contribution in [0.2, 0.25) is 10.0 Å². The van der Waals surface area contributed by atoms with E-state index in [9.17, 15) is 9.18 Å². The molecule has 0 fully saturated rings. The normalized spacial score (nSPS) is 14.1. The quantitative estimate of drug-likeness (QED) is 0.626. The molecule has 0 aromatic heterocycles. The molecule has 0 radical (unpaired) electrons. The van der Waals surface area contributed by atoms with Gasteiger partial charge in [0, 0.05) is 10.6 Å². The summed E-state index contributed by atoms with van der Waals surface area (Å²) in [6, 6.07) is 2.47. The van der Waals surface area contributed by atoms with Crippen LogP contribution < -0.4 is 5.32 Å². The Kier molecular flexibility index (Phi) is 6.44. The van der Waals surface area contributed by atoms with E-state index >= 15 is 0 Å². The van der Waals surface area contributed by atoms with Crippen LogP contribution in [0.1, 0.15) is 33.3 Å². The Morgan fingerprint density at radius 3 is 2.52 bits per heavy atom. The molecular formula is C15H20Cl2FNO2. The summed E-state index contributed by atoms with van der Waals surface area (Å²) in [5.74, 6) is -0.832. The molecule has 0 saturated heterocycles. The van der Waals surface area contributed by atoms with Gasteiger partial charge in [0.15, 0.2) is 0 Å². The van der Waals surface area contributed by atoms with Gasteiger partial charge in [-0.05, 0) is 38.4 Å². The van der Waals surface area contributed by atoms with Gasteiger partial charge in [-0.2, -0.15) is 0 Å². The molecule has 0 spiro atoms. The van der Waals surface area contributed by atoms with Crippen molar-refractivity contribution in [1.29, 1.82) is 0 Å². The van der Waals surface area contributed by atoms with Crippen molar-refractivity contribution in [3.8, 4) is 0 Å². The molecule has 1 atom stereocenters. The van der Waals surface area contributed by atoms with Gasteiger partial charge in [0.2, 0.25) is 0 Å². The van der Waals surface area contributed by atoms with Crippen LogP contribution in [0.25, 0.3) is 0 Å². The van der Waals surface area contributed by atoms with E-state index in [0.717, 1.165) is 0 Å². The molecule has 21 heavy (non-hydrogen) atoms. The number of rotatable bonds is 6. The maximum absolute atomic E-state index is 13.8. The minimum absolute atomic E-state index is 0.0844. The van der Waals surface area contributed by atoms with Crippen LogP contribution in [-0.4, -0.2) is 19.1 Å². The van der Waals surface area contributed by atoms with E-state index in [1.165, 1.54) is 12.1 Å². The number of nitrogens with one attached hydrogen (secondary N) is 1. The number of hydrogen-bond acceptors (Lipinski definition) is 3. The summed E-state index contributed by atoms with van der Waals surface area (Å²) >= 11 is 11.9. The topological polar surface area (TPSA) is 38.3 Å². The second-order valence-electron chi connectivity index (χ2n) is 5.37. The lowest BCUT2D eigenvalue weighted by atomic mass is 9.91. The zero-order valence-electron chi connectivity index (χ0n) is 12.6. The Balaban J connectivity index is 3.29. The first-order valence-electron chi connectivity index (χ1n) is 6.79. The molecule has 118 valence electrons. The van der Waals surface area contributed by atoms with Crippen LogP contribution in [-0.2, 0) is 15.1 Å². The van der Waals surface area contributed by atoms with Crippen molar-refractivity contribution in [3.05, 3.63) is 33.6 Å². The summed E-state index contributed by atoms with van der Waals surface area (Å²) in [5.41, 5.74) is -0.923. The van der Waals surface area contributed by atoms with E-state index in [2.05, 4.69) is 5.32 Å². The van der Waals surface area contributed by atoms with Gasteiger partial charge in [-0.25, -0.2) is 9.18 Å². The molecule has 0 aliphatic heterocycles. The maximum Gasteiger partial charge on any atom is 0.330 e. The molecule has 1 N–H and O–H groups in total. The SMILES string of the molecule is CCOC(=O)C(C)(NCC(C)C)c1cc(F)c(Cl)cc1Cl. The van der Waals surface area contributed by atoms with Crippen molar-refractivity contribution >= 4 is 29.2 Å². The van der Waals surface area contributed by atoms with E-state index < -0.39 is 17.3 Å². The molecule has 1 aromatic rings. The number of carbonyl (C=O) groups is 1. The van der Waals surface area contributed by atoms with Crippen LogP contribution >= 0.6 is 23.2 Å². The van der Waals surface area contributed by atoms with E-state index in [1.807, 2.05) is 13.8 Å². The van der Waals surface area contributed by atoms with Gasteiger partial charge < -0.3 is 4.74 Å². The predicted molar refractivity (Wildman–Crippen MR) is 83.2 cm³/mol. The third-order valence-corrected chi connectivity index (χ3v) is 3.70. The second-order valence-corrected chi connectivity index (χ2v) is 6.18. The van der Waals surface area contributed by atoms with Gasteiger partial charge in [-0.3, -0.25) is 5.32 Å². The van der Waals surface area contributed by atoms with Gasteiger partial charge in [0.05, 0.1) is 11.6 Å². The molecule has 1 rings (SSSR count). The number of esters is 1. The molecule has 0 aliphatic rings. The Morgan fingerprint density at radius 1 is 1.38 bits per heavy atom. The highest BCUT2D eigenvalue weighted by Gasteiger charge is 2.38. The highest BCUT2D eigenvalue weighted by molar-refractivity contribution is 6.35. The summed E-state index contributed by atoms with van der Waals surface area (Å²) in [6.07, 6.45) is 0. The fourth-order valence-electron chi connectivity index (χ4n) is 1.87. The first kappa shape index (κ1) is 18.2. The van der Waals surface area contributed by atoms with Crippen molar-refractivity contribution in [2.24, 2.45) is 5.92 Å². The Labute approximate surface area is 134 Å². The van der Waals surface area contributed by atoms with Crippen molar-refractivity contribution in [2.45, 2.75) is 33.2 Å². The number of carbonyl (C=O) groups excluding carboxylic acids is 1. The number of halogens is 3. The summed E-state index contributed by atoms with van der Waals surface area (Å²) < 4.78 is 18.9. The molecule has 0 heterocycles. The largest absolute Gasteiger partial charge is 0.464 e. The van der Waals surface area contributed by atoms with Gasteiger partial charge in [-0.15, -0.1) is 0 Å². The number of hydrogen-bond donors (Lipinski definition) is 1. The number of benzene rings is 1. The minimum Gasteiger partial charge on any atom is -0.464 e. The maximum atomic E-state index is 13.8. The molecule has 0 bridgehead atoms. The van der Waals surface area contributed by atoms with Crippen molar-refractivity contribution < 1.29 is 13.9 Å². The molecule has 6 heteroatoms. The van der Waals surface area contributed by atoms with E-state index in [0.29, 0.717) is 18.0 Å². The first-order valence-corrected chi connectivity index (χ1v) is 7.55. The summed E-state index contributed by atoms with van der Waals surface area (Å²) in [7, 11) is 0. The van der Waals surface area contributed by atoms with Crippen LogP contribution in [0.5, 0.6) is 0 Å². The van der Waals surface area contributed by atoms with Crippen molar-refractivity contribution in [3.63, 3.8) is 0 Å². The zero-order chi connectivity index (χ0) is 16.2. The van der Waals surface area contributed by atoms with E-state index in [4.69, 9.17) is 27.9 Å². The van der Waals surface area contributed by atoms with Gasteiger partial charge in [-0.1, -0.05) is 37.0 Å². The highest BCUT2D eigenvalue weighted by Crippen LogP contribution is 2.33. The molecule has 3 nitrogen and oxygen atoms in total. The third-order valence-electron chi connectivity index (χ3n) is 3.10. The lowest BCUT2D eigenvalue weighted by Gasteiger charge is -2.31. The zero-order valence-corrected chi connectivity index (χ0v) is 14.1. The fraction of sp³-hybridized carbons (Fsp3) is 0.533.